The van der Waals surface area contributed by atoms with E-state index < -0.39 is 186 Å². The molecule has 1 amide bonds. The van der Waals surface area contributed by atoms with Crippen LogP contribution in [0.15, 0.2) is 117 Å². The molecule has 2 aromatic carbocycles. The van der Waals surface area contributed by atoms with Crippen LogP contribution in [0.4, 0.5) is 28.1 Å². The second-order valence-electron chi connectivity index (χ2n) is 22.2. The Labute approximate surface area is 546 Å². The zero-order valence-corrected chi connectivity index (χ0v) is 54.0. The van der Waals surface area contributed by atoms with Gasteiger partial charge < -0.3 is 76.6 Å². The minimum absolute atomic E-state index is 0.0232. The van der Waals surface area contributed by atoms with Gasteiger partial charge in [0.1, 0.15) is 104 Å². The Balaban J connectivity index is 0.734. The van der Waals surface area contributed by atoms with Gasteiger partial charge in [0.05, 0.1) is 33.0 Å². The summed E-state index contributed by atoms with van der Waals surface area (Å²) in [5, 5.41) is 12.5. The van der Waals surface area contributed by atoms with E-state index >= 15 is 0 Å². The summed E-state index contributed by atoms with van der Waals surface area (Å²) in [5.74, 6) is -0.896. The van der Waals surface area contributed by atoms with Gasteiger partial charge in [-0.25, -0.2) is 42.2 Å². The van der Waals surface area contributed by atoms with Gasteiger partial charge in [-0.1, -0.05) is 48.5 Å². The summed E-state index contributed by atoms with van der Waals surface area (Å²) in [6, 6.07) is 20.4. The van der Waals surface area contributed by atoms with Gasteiger partial charge in [-0.3, -0.25) is 54.5 Å². The van der Waals surface area contributed by atoms with Crippen LogP contribution in [-0.4, -0.2) is 164 Å². The number of rotatable bonds is 28. The number of nitrogen functional groups attached to an aromatic ring is 4. The van der Waals surface area contributed by atoms with Crippen LogP contribution in [-0.2, 0) is 78.1 Å². The third kappa shape index (κ3) is 17.4. The summed E-state index contributed by atoms with van der Waals surface area (Å²) in [6.45, 7) is -4.75. The number of benzene rings is 2. The van der Waals surface area contributed by atoms with Crippen molar-refractivity contribution in [1.29, 1.82) is 0 Å². The molecule has 1 aliphatic carbocycles. The molecule has 8 heterocycles. The fourth-order valence-corrected chi connectivity index (χ4v) is 15.2. The predicted molar refractivity (Wildman–Crippen MR) is 329 cm³/mol. The number of anilines is 4. The Hall–Kier alpha value is -7.33. The van der Waals surface area contributed by atoms with Gasteiger partial charge in [-0.15, -0.1) is 0 Å². The quantitative estimate of drug-likeness (QED) is 0.0242. The molecule has 6 aromatic rings. The molecule has 16 atom stereocenters. The number of fused-ring (bicyclic) bond motifs is 3. The molecular formula is C53H65N13O27P4. The Bertz CT molecular complexity index is 4280. The lowest BCUT2D eigenvalue weighted by Gasteiger charge is -2.25. The van der Waals surface area contributed by atoms with Crippen LogP contribution >= 0.6 is 31.3 Å². The van der Waals surface area contributed by atoms with E-state index in [0.717, 1.165) is 46.7 Å². The van der Waals surface area contributed by atoms with E-state index in [2.05, 4.69) is 25.3 Å². The second-order valence-corrected chi connectivity index (χ2v) is 27.9. The maximum Gasteiger partial charge on any atom is 0.472 e. The smallest absolute Gasteiger partial charge is 0.449 e. The molecule has 0 radical (unpaired) electrons. The number of amides is 1. The maximum atomic E-state index is 14.0. The van der Waals surface area contributed by atoms with Crippen molar-refractivity contribution in [3.8, 4) is 11.1 Å². The average Bonchev–Trinajstić information content (AvgIpc) is 1.62. The van der Waals surface area contributed by atoms with Crippen molar-refractivity contribution in [2.75, 3.05) is 69.1 Å². The monoisotopic (exact) mass is 1440 g/mol. The normalized spacial score (nSPS) is 27.1. The molecule has 4 fully saturated rings. The third-order valence-corrected chi connectivity index (χ3v) is 19.9. The number of carbonyl (C=O) groups excluding carboxylic acids is 1. The van der Waals surface area contributed by atoms with Gasteiger partial charge >= 0.3 is 60.1 Å². The Morgan fingerprint density at radius 1 is 0.474 bits per heavy atom. The lowest BCUT2D eigenvalue weighted by Crippen LogP contribution is -2.32. The Morgan fingerprint density at radius 2 is 0.784 bits per heavy atom. The molecule has 4 aromatic heterocycles. The minimum Gasteiger partial charge on any atom is -0.449 e. The molecule has 0 bridgehead atoms. The highest BCUT2D eigenvalue weighted by atomic mass is 31.2. The number of nitrogens with zero attached hydrogens (tertiary/aromatic N) is 8. The fourth-order valence-electron chi connectivity index (χ4n) is 11.4. The molecule has 14 N–H and O–H groups in total. The lowest BCUT2D eigenvalue weighted by molar-refractivity contribution is -0.0639. The summed E-state index contributed by atoms with van der Waals surface area (Å²) in [7, 11) is -21.3. The molecule has 4 unspecified atom stereocenters. The molecule has 4 saturated heterocycles. The Morgan fingerprint density at radius 3 is 1.11 bits per heavy atom. The number of aliphatic hydroxyl groups excluding tert-OH is 1. The van der Waals surface area contributed by atoms with Crippen molar-refractivity contribution in [3.05, 3.63) is 151 Å². The van der Waals surface area contributed by atoms with Crippen LogP contribution in [0.1, 0.15) is 67.6 Å². The number of hydrogen-bond acceptors (Lipinski definition) is 31. The van der Waals surface area contributed by atoms with Crippen LogP contribution < -0.4 is 51.0 Å². The predicted octanol–water partition coefficient (Wildman–Crippen LogP) is 1.03. The largest absolute Gasteiger partial charge is 0.472 e. The van der Waals surface area contributed by atoms with Crippen LogP contribution in [0.3, 0.4) is 0 Å². The van der Waals surface area contributed by atoms with E-state index in [4.69, 9.17) is 82.8 Å². The summed E-state index contributed by atoms with van der Waals surface area (Å²) >= 11 is 0. The maximum absolute atomic E-state index is 14.0. The van der Waals surface area contributed by atoms with Gasteiger partial charge in [0.15, 0.2) is 0 Å². The van der Waals surface area contributed by atoms with E-state index in [-0.39, 0.29) is 48.8 Å². The number of carbonyl (C=O) groups is 1. The number of ether oxygens (including phenoxy) is 5. The fraction of sp³-hybridized carbons (Fsp3) is 0.453. The van der Waals surface area contributed by atoms with Crippen LogP contribution in [0, 0.1) is 0 Å². The molecule has 524 valence electrons. The van der Waals surface area contributed by atoms with E-state index in [1.54, 1.807) is 0 Å². The molecule has 4 aliphatic heterocycles. The first kappa shape index (κ1) is 71.0. The van der Waals surface area contributed by atoms with Crippen molar-refractivity contribution < 1.29 is 108 Å². The highest BCUT2D eigenvalue weighted by Crippen LogP contribution is 2.55. The number of aliphatic hydroxyl groups is 1. The molecule has 5 aliphatic rings. The number of phosphoric ester groups is 4. The second kappa shape index (κ2) is 29.6. The van der Waals surface area contributed by atoms with Gasteiger partial charge in [0.25, 0.3) is 0 Å². The first-order chi connectivity index (χ1) is 46.1. The molecule has 40 nitrogen and oxygen atoms in total. The first-order valence-corrected chi connectivity index (χ1v) is 35.4. The molecule has 44 heteroatoms. The summed E-state index contributed by atoms with van der Waals surface area (Å²) in [6.07, 6.45) is -15.6. The summed E-state index contributed by atoms with van der Waals surface area (Å²) in [4.78, 5) is 123. The van der Waals surface area contributed by atoms with Crippen LogP contribution in [0.5, 0.6) is 0 Å². The Kier molecular flexibility index (Phi) is 21.7. The summed E-state index contributed by atoms with van der Waals surface area (Å²) in [5.41, 5.74) is 22.9. The van der Waals surface area contributed by atoms with E-state index in [0.29, 0.717) is 0 Å². The SMILES string of the molecule is Nc1ccn([C@H]2C[C@H](OP(=O)(O)OC[C@H]3O[C@@H](n4ccc(N)nc4=O)C[C@@H]3OP(=O)(O)OC[C@H]3O[C@@H](n4ccc(N)nc4=O)C[C@@H]3OP(=O)(O)OC[C@H]3O[C@@H](n4ccc(N)nc4=O)C[C@@H]3OP(=O)(O)OCCNC(=O)OCC3c4ccccc4-c4ccccc43)[C@@H](CO)O2)c(=O)n1. The van der Waals surface area contributed by atoms with Gasteiger partial charge in [-0.05, 0) is 46.5 Å². The number of nitrogens with one attached hydrogen (secondary N) is 1. The minimum atomic E-state index is -5.47. The van der Waals surface area contributed by atoms with Crippen molar-refractivity contribution >= 4 is 60.7 Å². The number of alkyl carbamates (subject to hydrolysis) is 1. The van der Waals surface area contributed by atoms with Gasteiger partial charge in [-0.2, -0.15) is 19.9 Å². The summed E-state index contributed by atoms with van der Waals surface area (Å²) < 4.78 is 131. The third-order valence-electron chi connectivity index (χ3n) is 15.8. The lowest BCUT2D eigenvalue weighted by atomic mass is 9.98. The molecular weight excluding hydrogens is 1370 g/mol. The van der Waals surface area contributed by atoms with E-state index in [9.17, 15) is 66.9 Å². The number of nitrogens with two attached hydrogens (primary N) is 4. The number of hydrogen-bond donors (Lipinski definition) is 10. The number of aromatic nitrogens is 8. The average molecular weight is 1440 g/mol. The van der Waals surface area contributed by atoms with E-state index in [1.807, 2.05) is 48.5 Å². The van der Waals surface area contributed by atoms with Crippen molar-refractivity contribution in [1.82, 2.24) is 43.5 Å². The number of phosphoric acid groups is 4. The van der Waals surface area contributed by atoms with E-state index in [1.165, 1.54) is 42.9 Å². The highest BCUT2D eigenvalue weighted by Gasteiger charge is 2.49. The highest BCUT2D eigenvalue weighted by molar-refractivity contribution is 7.48. The van der Waals surface area contributed by atoms with Crippen LogP contribution in [0.25, 0.3) is 11.1 Å². The zero-order chi connectivity index (χ0) is 69.1. The van der Waals surface area contributed by atoms with Crippen molar-refractivity contribution in [2.45, 2.75) is 105 Å². The zero-order valence-electron chi connectivity index (χ0n) is 50.4. The van der Waals surface area contributed by atoms with Crippen LogP contribution in [0.2, 0.25) is 0 Å². The topological polar surface area (TPSA) is 562 Å². The standard InChI is InChI=1S/C53H65N13O27P4/c54-41-9-14-63(49(68)59-41)45-19-33(37(23-67)86-45)90-95(75,76)83-26-39-35(21-47(88-39)65-16-11-43(56)61-51(65)70)92-97(79,80)85-27-40-36(22-48(89-40)66-17-12-44(57)62-52(66)71)93-96(77,78)84-25-38-34(20-46(87-38)64-15-10-42(55)60-50(64)69)91-94(73,74)82-18-13-58-53(72)81-24-32-30-7-3-1-5-28(30)29-6-2-4-8-31(29)32/h1-12,14-17,32-40,45-48,67H,13,18-27H2,(H,58,72)(H,73,74)(H,75,76)(H,77,78)(H,79,80)(H2,54,59,68)(H2,55,60,69)(H2,56,61,70)(H2,57,62,71)/t33-,34-,35-,36-,37+,38+,39+,40+,45+,46+,47+,48+/m0/s1. The molecule has 0 spiro atoms. The van der Waals surface area contributed by atoms with Crippen molar-refractivity contribution in [2.24, 2.45) is 0 Å². The first-order valence-electron chi connectivity index (χ1n) is 29.4. The molecule has 0 saturated carbocycles. The molecule has 11 rings (SSSR count). The van der Waals surface area contributed by atoms with Gasteiger partial charge in [0, 0.05) is 62.9 Å². The molecule has 97 heavy (non-hydrogen) atoms. The van der Waals surface area contributed by atoms with Gasteiger partial charge in [0.2, 0.25) is 0 Å². The van der Waals surface area contributed by atoms with Crippen molar-refractivity contribution in [3.63, 3.8) is 0 Å².